The van der Waals surface area contributed by atoms with E-state index in [1.807, 2.05) is 0 Å². The number of hydrogen-bond donors (Lipinski definition) is 2. The Morgan fingerprint density at radius 2 is 2.39 bits per heavy atom. The number of rotatable bonds is 5. The highest BCUT2D eigenvalue weighted by Crippen LogP contribution is 2.21. The molecule has 1 aliphatic heterocycles. The summed E-state index contributed by atoms with van der Waals surface area (Å²) < 4.78 is 0. The molecule has 6 heteroatoms. The van der Waals surface area contributed by atoms with Crippen LogP contribution in [-0.2, 0) is 0 Å². The Kier molecular flexibility index (Phi) is 4.60. The molecule has 1 aromatic heterocycles. The second-order valence-corrected chi connectivity index (χ2v) is 4.98. The molecule has 5 nitrogen and oxygen atoms in total. The van der Waals surface area contributed by atoms with E-state index >= 15 is 0 Å². The van der Waals surface area contributed by atoms with Gasteiger partial charge in [-0.25, -0.2) is 4.98 Å². The molecule has 0 amide bonds. The maximum Gasteiger partial charge on any atom is 0.224 e. The summed E-state index contributed by atoms with van der Waals surface area (Å²) in [5.41, 5.74) is 0. The van der Waals surface area contributed by atoms with Crippen molar-refractivity contribution in [2.45, 2.75) is 13.3 Å². The molecule has 1 saturated heterocycles. The summed E-state index contributed by atoms with van der Waals surface area (Å²) in [5.74, 6) is 1.98. The molecule has 2 heterocycles. The van der Waals surface area contributed by atoms with Gasteiger partial charge in [0.05, 0.1) is 6.20 Å². The second kappa shape index (κ2) is 6.20. The van der Waals surface area contributed by atoms with Crippen LogP contribution in [0.25, 0.3) is 0 Å². The zero-order valence-electron chi connectivity index (χ0n) is 10.9. The molecule has 0 aliphatic carbocycles. The van der Waals surface area contributed by atoms with Gasteiger partial charge in [-0.1, -0.05) is 18.5 Å². The van der Waals surface area contributed by atoms with E-state index in [9.17, 15) is 0 Å². The lowest BCUT2D eigenvalue weighted by Gasteiger charge is -2.14. The third-order valence-corrected chi connectivity index (χ3v) is 3.62. The van der Waals surface area contributed by atoms with E-state index in [1.165, 1.54) is 13.0 Å². The molecule has 18 heavy (non-hydrogen) atoms. The normalized spacial score (nSPS) is 20.1. The summed E-state index contributed by atoms with van der Waals surface area (Å²) >= 11 is 6.07. The fourth-order valence-corrected chi connectivity index (χ4v) is 2.38. The Bertz CT molecular complexity index is 398. The van der Waals surface area contributed by atoms with Crippen LogP contribution in [0.4, 0.5) is 11.8 Å². The van der Waals surface area contributed by atoms with Crippen LogP contribution < -0.4 is 10.6 Å². The highest BCUT2D eigenvalue weighted by molar-refractivity contribution is 6.32. The molecule has 1 aromatic rings. The van der Waals surface area contributed by atoms with Gasteiger partial charge in [-0.15, -0.1) is 0 Å². The van der Waals surface area contributed by atoms with E-state index in [4.69, 9.17) is 11.6 Å². The van der Waals surface area contributed by atoms with Gasteiger partial charge in [0.25, 0.3) is 0 Å². The molecule has 100 valence electrons. The van der Waals surface area contributed by atoms with Crippen molar-refractivity contribution in [3.8, 4) is 0 Å². The van der Waals surface area contributed by atoms with Gasteiger partial charge < -0.3 is 15.5 Å². The van der Waals surface area contributed by atoms with Crippen molar-refractivity contribution in [2.24, 2.45) is 5.92 Å². The second-order valence-electron chi connectivity index (χ2n) is 4.57. The Morgan fingerprint density at radius 3 is 3.06 bits per heavy atom. The van der Waals surface area contributed by atoms with E-state index in [0.717, 1.165) is 19.6 Å². The van der Waals surface area contributed by atoms with Crippen molar-refractivity contribution in [3.05, 3.63) is 11.2 Å². The minimum Gasteiger partial charge on any atom is -0.368 e. The summed E-state index contributed by atoms with van der Waals surface area (Å²) in [6.07, 6.45) is 2.86. The Balaban J connectivity index is 1.90. The van der Waals surface area contributed by atoms with E-state index in [-0.39, 0.29) is 0 Å². The third-order valence-electron chi connectivity index (χ3n) is 3.34. The molecular formula is C12H20ClN5. The van der Waals surface area contributed by atoms with Crippen molar-refractivity contribution in [2.75, 3.05) is 43.9 Å². The van der Waals surface area contributed by atoms with Gasteiger partial charge in [0, 0.05) is 20.1 Å². The van der Waals surface area contributed by atoms with Crippen LogP contribution in [0.15, 0.2) is 6.20 Å². The first-order chi connectivity index (χ1) is 8.72. The standard InChI is InChI=1S/C12H20ClN5/c1-3-18-5-4-9(8-18)6-15-11-10(13)7-16-12(14-2)17-11/h7,9H,3-6,8H2,1-2H3,(H2,14,15,16,17). The first-order valence-electron chi connectivity index (χ1n) is 6.39. The van der Waals surface area contributed by atoms with Crippen LogP contribution in [0.2, 0.25) is 5.02 Å². The SMILES string of the molecule is CCN1CCC(CNc2nc(NC)ncc2Cl)C1. The lowest BCUT2D eigenvalue weighted by molar-refractivity contribution is 0.345. The molecule has 1 aliphatic rings. The van der Waals surface area contributed by atoms with Crippen LogP contribution in [-0.4, -0.2) is 48.1 Å². The summed E-state index contributed by atoms with van der Waals surface area (Å²) in [6.45, 7) is 6.61. The number of aromatic nitrogens is 2. The Labute approximate surface area is 113 Å². The smallest absolute Gasteiger partial charge is 0.224 e. The zero-order chi connectivity index (χ0) is 13.0. The number of anilines is 2. The van der Waals surface area contributed by atoms with Gasteiger partial charge in [0.15, 0.2) is 0 Å². The number of nitrogens with zero attached hydrogens (tertiary/aromatic N) is 3. The molecule has 0 spiro atoms. The highest BCUT2D eigenvalue weighted by atomic mass is 35.5. The largest absolute Gasteiger partial charge is 0.368 e. The van der Waals surface area contributed by atoms with Crippen molar-refractivity contribution in [1.82, 2.24) is 14.9 Å². The van der Waals surface area contributed by atoms with Gasteiger partial charge in [-0.3, -0.25) is 0 Å². The molecule has 1 fully saturated rings. The van der Waals surface area contributed by atoms with Crippen molar-refractivity contribution < 1.29 is 0 Å². The monoisotopic (exact) mass is 269 g/mol. The van der Waals surface area contributed by atoms with E-state index in [2.05, 4.69) is 32.4 Å². The topological polar surface area (TPSA) is 53.1 Å². The summed E-state index contributed by atoms with van der Waals surface area (Å²) in [6, 6.07) is 0. The molecule has 0 bridgehead atoms. The van der Waals surface area contributed by atoms with Gasteiger partial charge in [0.1, 0.15) is 10.8 Å². The molecule has 1 unspecified atom stereocenters. The first kappa shape index (κ1) is 13.4. The van der Waals surface area contributed by atoms with Gasteiger partial charge in [-0.05, 0) is 25.4 Å². The van der Waals surface area contributed by atoms with E-state index in [1.54, 1.807) is 13.2 Å². The highest BCUT2D eigenvalue weighted by Gasteiger charge is 2.21. The molecule has 1 atom stereocenters. The van der Waals surface area contributed by atoms with Gasteiger partial charge in [-0.2, -0.15) is 4.98 Å². The lowest BCUT2D eigenvalue weighted by Crippen LogP contribution is -2.22. The molecule has 2 N–H and O–H groups in total. The van der Waals surface area contributed by atoms with Crippen LogP contribution in [0.5, 0.6) is 0 Å². The maximum atomic E-state index is 6.07. The van der Waals surface area contributed by atoms with E-state index < -0.39 is 0 Å². The number of halogens is 1. The summed E-state index contributed by atoms with van der Waals surface area (Å²) in [4.78, 5) is 10.8. The predicted octanol–water partition coefficient (Wildman–Crippen LogP) is 1.93. The van der Waals surface area contributed by atoms with Crippen molar-refractivity contribution in [1.29, 1.82) is 0 Å². The minimum atomic E-state index is 0.569. The number of hydrogen-bond acceptors (Lipinski definition) is 5. The minimum absolute atomic E-state index is 0.569. The average molecular weight is 270 g/mol. The number of likely N-dealkylation sites (tertiary alicyclic amines) is 1. The Morgan fingerprint density at radius 1 is 1.56 bits per heavy atom. The summed E-state index contributed by atoms with van der Waals surface area (Å²) in [5, 5.41) is 6.80. The average Bonchev–Trinajstić information content (AvgIpc) is 2.86. The quantitative estimate of drug-likeness (QED) is 0.855. The molecule has 0 aromatic carbocycles. The maximum absolute atomic E-state index is 6.07. The van der Waals surface area contributed by atoms with Crippen LogP contribution >= 0.6 is 11.6 Å². The Hall–Kier alpha value is -1.07. The molecule has 0 saturated carbocycles. The van der Waals surface area contributed by atoms with Crippen molar-refractivity contribution >= 4 is 23.4 Å². The zero-order valence-corrected chi connectivity index (χ0v) is 11.7. The lowest BCUT2D eigenvalue weighted by atomic mass is 10.1. The van der Waals surface area contributed by atoms with E-state index in [0.29, 0.717) is 22.7 Å². The number of nitrogens with one attached hydrogen (secondary N) is 2. The van der Waals surface area contributed by atoms with Crippen LogP contribution in [0.1, 0.15) is 13.3 Å². The van der Waals surface area contributed by atoms with Crippen LogP contribution in [0.3, 0.4) is 0 Å². The fourth-order valence-electron chi connectivity index (χ4n) is 2.22. The predicted molar refractivity (Wildman–Crippen MR) is 75.3 cm³/mol. The molecular weight excluding hydrogens is 250 g/mol. The molecule has 2 rings (SSSR count). The molecule has 0 radical (unpaired) electrons. The van der Waals surface area contributed by atoms with Crippen LogP contribution in [0, 0.1) is 5.92 Å². The fraction of sp³-hybridized carbons (Fsp3) is 0.667. The summed E-state index contributed by atoms with van der Waals surface area (Å²) in [7, 11) is 1.79. The van der Waals surface area contributed by atoms with Crippen molar-refractivity contribution in [3.63, 3.8) is 0 Å². The third kappa shape index (κ3) is 3.23. The first-order valence-corrected chi connectivity index (χ1v) is 6.77. The van der Waals surface area contributed by atoms with Gasteiger partial charge >= 0.3 is 0 Å². The van der Waals surface area contributed by atoms with Gasteiger partial charge in [0.2, 0.25) is 5.95 Å².